The lowest BCUT2D eigenvalue weighted by atomic mass is 10.3. The number of carbonyl (C=O) groups is 1. The molecule has 19 heavy (non-hydrogen) atoms. The number of aliphatic carboxylic acids is 1. The molecular weight excluding hydrogens is 252 g/mol. The molecule has 7 nitrogen and oxygen atoms in total. The van der Waals surface area contributed by atoms with Crippen molar-refractivity contribution in [1.82, 2.24) is 5.32 Å². The zero-order chi connectivity index (χ0) is 14.3. The summed E-state index contributed by atoms with van der Waals surface area (Å²) < 4.78 is 5.27. The predicted octanol–water partition coefficient (Wildman–Crippen LogP) is 1.43. The van der Waals surface area contributed by atoms with Crippen LogP contribution in [0.3, 0.4) is 0 Å². The highest BCUT2D eigenvalue weighted by molar-refractivity contribution is 5.73. The lowest BCUT2D eigenvalue weighted by Crippen LogP contribution is -2.41. The fraction of sp³-hybridized carbons (Fsp3) is 0.417. The average molecular weight is 268 g/mol. The van der Waals surface area contributed by atoms with Gasteiger partial charge in [-0.15, -0.1) is 0 Å². The van der Waals surface area contributed by atoms with Gasteiger partial charge in [-0.1, -0.05) is 13.0 Å². The fourth-order valence-electron chi connectivity index (χ4n) is 1.40. The second-order valence-corrected chi connectivity index (χ2v) is 3.91. The van der Waals surface area contributed by atoms with Crippen LogP contribution in [0.5, 0.6) is 5.75 Å². The molecule has 0 aliphatic carbocycles. The maximum absolute atomic E-state index is 11.0. The number of benzene rings is 1. The number of nitro benzene ring substituents is 1. The van der Waals surface area contributed by atoms with Crippen LogP contribution < -0.4 is 10.1 Å². The van der Waals surface area contributed by atoms with Crippen molar-refractivity contribution in [3.8, 4) is 5.75 Å². The van der Waals surface area contributed by atoms with Crippen LogP contribution in [-0.2, 0) is 4.79 Å². The van der Waals surface area contributed by atoms with E-state index in [1.54, 1.807) is 6.07 Å². The first-order chi connectivity index (χ1) is 9.04. The summed E-state index contributed by atoms with van der Waals surface area (Å²) in [6.07, 6.45) is 0.806. The van der Waals surface area contributed by atoms with Gasteiger partial charge in [-0.3, -0.25) is 14.9 Å². The Bertz CT molecular complexity index is 450. The minimum Gasteiger partial charge on any atom is -0.491 e. The summed E-state index contributed by atoms with van der Waals surface area (Å²) in [5, 5.41) is 22.4. The minimum absolute atomic E-state index is 0.0868. The number of carboxylic acids is 1. The molecule has 0 saturated heterocycles. The molecule has 1 rings (SSSR count). The first-order valence-corrected chi connectivity index (χ1v) is 5.88. The molecule has 0 spiro atoms. The van der Waals surface area contributed by atoms with E-state index < -0.39 is 16.9 Å². The largest absolute Gasteiger partial charge is 0.491 e. The van der Waals surface area contributed by atoms with Crippen molar-refractivity contribution in [3.05, 3.63) is 34.4 Å². The van der Waals surface area contributed by atoms with Crippen LogP contribution in [0.2, 0.25) is 0 Å². The van der Waals surface area contributed by atoms with Gasteiger partial charge in [0.15, 0.2) is 0 Å². The van der Waals surface area contributed by atoms with Crippen LogP contribution in [0.15, 0.2) is 24.3 Å². The van der Waals surface area contributed by atoms with Gasteiger partial charge in [0.05, 0.1) is 11.0 Å². The standard InChI is InChI=1S/C12H16N2O5/c1-2-6-13-11(12(15)16)8-19-10-5-3-4-9(7-10)14(17)18/h3-5,7,11,13H,2,6,8H2,1H3,(H,15,16). The third-order valence-electron chi connectivity index (χ3n) is 2.38. The Hall–Kier alpha value is -2.15. The van der Waals surface area contributed by atoms with Gasteiger partial charge < -0.3 is 15.2 Å². The summed E-state index contributed by atoms with van der Waals surface area (Å²) >= 11 is 0. The van der Waals surface area contributed by atoms with Gasteiger partial charge in [0.25, 0.3) is 5.69 Å². The number of rotatable bonds is 8. The average Bonchev–Trinajstić information content (AvgIpc) is 2.38. The molecule has 0 radical (unpaired) electrons. The summed E-state index contributed by atoms with van der Waals surface area (Å²) in [7, 11) is 0. The van der Waals surface area contributed by atoms with Crippen molar-refractivity contribution >= 4 is 11.7 Å². The van der Waals surface area contributed by atoms with Gasteiger partial charge in [0.1, 0.15) is 18.4 Å². The number of ether oxygens (including phenoxy) is 1. The Labute approximate surface area is 110 Å². The van der Waals surface area contributed by atoms with E-state index in [1.165, 1.54) is 18.2 Å². The zero-order valence-electron chi connectivity index (χ0n) is 10.5. The highest BCUT2D eigenvalue weighted by atomic mass is 16.6. The fourth-order valence-corrected chi connectivity index (χ4v) is 1.40. The van der Waals surface area contributed by atoms with Crippen LogP contribution in [-0.4, -0.2) is 35.2 Å². The summed E-state index contributed by atoms with van der Waals surface area (Å²) in [6.45, 7) is 2.40. The Morgan fingerprint density at radius 1 is 1.58 bits per heavy atom. The van der Waals surface area contributed by atoms with Crippen LogP contribution in [0.25, 0.3) is 0 Å². The normalized spacial score (nSPS) is 11.8. The van der Waals surface area contributed by atoms with Crippen LogP contribution in [0.1, 0.15) is 13.3 Å². The Morgan fingerprint density at radius 3 is 2.89 bits per heavy atom. The first kappa shape index (κ1) is 14.9. The topological polar surface area (TPSA) is 102 Å². The first-order valence-electron chi connectivity index (χ1n) is 5.88. The molecule has 0 fully saturated rings. The van der Waals surface area contributed by atoms with Crippen molar-refractivity contribution in [2.24, 2.45) is 0 Å². The maximum atomic E-state index is 11.0. The lowest BCUT2D eigenvalue weighted by Gasteiger charge is -2.14. The van der Waals surface area contributed by atoms with Crippen molar-refractivity contribution in [2.45, 2.75) is 19.4 Å². The molecule has 0 aliphatic heterocycles. The Kier molecular flexibility index (Phi) is 5.74. The smallest absolute Gasteiger partial charge is 0.324 e. The number of carboxylic acid groups (broad SMARTS) is 1. The van der Waals surface area contributed by atoms with E-state index in [0.717, 1.165) is 6.42 Å². The maximum Gasteiger partial charge on any atom is 0.324 e. The zero-order valence-corrected chi connectivity index (χ0v) is 10.5. The number of non-ortho nitro benzene ring substituents is 1. The van der Waals surface area contributed by atoms with E-state index in [2.05, 4.69) is 5.32 Å². The number of nitrogens with zero attached hydrogens (tertiary/aromatic N) is 1. The second kappa shape index (κ2) is 7.32. The predicted molar refractivity (Wildman–Crippen MR) is 68.3 cm³/mol. The second-order valence-electron chi connectivity index (χ2n) is 3.91. The molecular formula is C12H16N2O5. The van der Waals surface area contributed by atoms with Gasteiger partial charge >= 0.3 is 5.97 Å². The van der Waals surface area contributed by atoms with Gasteiger partial charge in [-0.05, 0) is 19.0 Å². The quantitative estimate of drug-likeness (QED) is 0.546. The molecule has 0 heterocycles. The molecule has 0 saturated carbocycles. The highest BCUT2D eigenvalue weighted by Crippen LogP contribution is 2.19. The third-order valence-corrected chi connectivity index (χ3v) is 2.38. The SMILES string of the molecule is CCCNC(COc1cccc([N+](=O)[O-])c1)C(=O)O. The van der Waals surface area contributed by atoms with Crippen molar-refractivity contribution in [3.63, 3.8) is 0 Å². The summed E-state index contributed by atoms with van der Waals surface area (Å²) in [5.74, 6) is -0.738. The monoisotopic (exact) mass is 268 g/mol. The molecule has 1 atom stereocenters. The van der Waals surface area contributed by atoms with E-state index in [1.807, 2.05) is 6.92 Å². The van der Waals surface area contributed by atoms with Crippen molar-refractivity contribution < 1.29 is 19.6 Å². The van der Waals surface area contributed by atoms with E-state index in [4.69, 9.17) is 9.84 Å². The van der Waals surface area contributed by atoms with Gasteiger partial charge in [0, 0.05) is 6.07 Å². The molecule has 104 valence electrons. The summed E-state index contributed by atoms with van der Waals surface area (Å²) in [5.41, 5.74) is -0.0918. The molecule has 2 N–H and O–H groups in total. The van der Waals surface area contributed by atoms with Crippen molar-refractivity contribution in [2.75, 3.05) is 13.2 Å². The molecule has 1 unspecified atom stereocenters. The third kappa shape index (κ3) is 4.92. The minimum atomic E-state index is -1.01. The molecule has 0 aliphatic rings. The number of nitro groups is 1. The molecule has 1 aromatic carbocycles. The summed E-state index contributed by atoms with van der Waals surface area (Å²) in [6, 6.07) is 4.81. The Balaban J connectivity index is 2.60. The molecule has 7 heteroatoms. The number of hydrogen-bond acceptors (Lipinski definition) is 5. The van der Waals surface area contributed by atoms with Gasteiger partial charge in [-0.25, -0.2) is 0 Å². The lowest BCUT2D eigenvalue weighted by molar-refractivity contribution is -0.384. The Morgan fingerprint density at radius 2 is 2.32 bits per heavy atom. The molecule has 0 aromatic heterocycles. The van der Waals surface area contributed by atoms with Crippen molar-refractivity contribution in [1.29, 1.82) is 0 Å². The molecule has 0 bridgehead atoms. The highest BCUT2D eigenvalue weighted by Gasteiger charge is 2.17. The summed E-state index contributed by atoms with van der Waals surface area (Å²) in [4.78, 5) is 21.0. The number of hydrogen-bond donors (Lipinski definition) is 2. The van der Waals surface area contributed by atoms with Gasteiger partial charge in [-0.2, -0.15) is 0 Å². The van der Waals surface area contributed by atoms with E-state index in [0.29, 0.717) is 6.54 Å². The van der Waals surface area contributed by atoms with Crippen LogP contribution >= 0.6 is 0 Å². The van der Waals surface area contributed by atoms with Crippen LogP contribution in [0, 0.1) is 10.1 Å². The number of nitrogens with one attached hydrogen (secondary N) is 1. The van der Waals surface area contributed by atoms with Gasteiger partial charge in [0.2, 0.25) is 0 Å². The molecule has 1 aromatic rings. The van der Waals surface area contributed by atoms with E-state index >= 15 is 0 Å². The van der Waals surface area contributed by atoms with E-state index in [-0.39, 0.29) is 18.0 Å². The van der Waals surface area contributed by atoms with E-state index in [9.17, 15) is 14.9 Å². The van der Waals surface area contributed by atoms with Crippen LogP contribution in [0.4, 0.5) is 5.69 Å². The molecule has 0 amide bonds.